The molecular formula is C20H21N5O2S. The predicted octanol–water partition coefficient (Wildman–Crippen LogP) is 3.17. The quantitative estimate of drug-likeness (QED) is 0.648. The molecule has 28 heavy (non-hydrogen) atoms. The maximum absolute atomic E-state index is 12.8. The highest BCUT2D eigenvalue weighted by Crippen LogP contribution is 2.36. The average molecular weight is 395 g/mol. The van der Waals surface area contributed by atoms with Gasteiger partial charge in [0.25, 0.3) is 0 Å². The summed E-state index contributed by atoms with van der Waals surface area (Å²) >= 11 is 1.25. The fourth-order valence-electron chi connectivity index (χ4n) is 2.73. The van der Waals surface area contributed by atoms with Crippen molar-refractivity contribution < 1.29 is 9.59 Å². The number of carbonyl (C=O) groups is 2. The molecule has 3 amide bonds. The van der Waals surface area contributed by atoms with Crippen LogP contribution in [0.1, 0.15) is 22.2 Å². The fraction of sp³-hybridized carbons (Fsp3) is 0.200. The van der Waals surface area contributed by atoms with E-state index in [9.17, 15) is 9.59 Å². The van der Waals surface area contributed by atoms with Crippen molar-refractivity contribution in [3.8, 4) is 5.69 Å². The van der Waals surface area contributed by atoms with Crippen molar-refractivity contribution in [2.24, 2.45) is 0 Å². The molecular weight excluding hydrogens is 374 g/mol. The van der Waals surface area contributed by atoms with Crippen molar-refractivity contribution >= 4 is 23.7 Å². The van der Waals surface area contributed by atoms with E-state index in [-0.39, 0.29) is 0 Å². The Hall–Kier alpha value is -3.13. The first kappa shape index (κ1) is 19.6. The average Bonchev–Trinajstić information content (AvgIpc) is 3.06. The van der Waals surface area contributed by atoms with E-state index in [1.165, 1.54) is 18.8 Å². The summed E-state index contributed by atoms with van der Waals surface area (Å²) in [6.07, 6.45) is 0. The first-order valence-electron chi connectivity index (χ1n) is 8.73. The number of rotatable bonds is 5. The van der Waals surface area contributed by atoms with Gasteiger partial charge in [0.1, 0.15) is 11.1 Å². The number of aryl methyl sites for hydroxylation is 2. The van der Waals surface area contributed by atoms with E-state index < -0.39 is 17.2 Å². The van der Waals surface area contributed by atoms with Crippen LogP contribution in [0.25, 0.3) is 5.69 Å². The van der Waals surface area contributed by atoms with Gasteiger partial charge in [-0.2, -0.15) is 0 Å². The number of hydrogen-bond acceptors (Lipinski definition) is 5. The minimum Gasteiger partial charge on any atom is -0.341 e. The van der Waals surface area contributed by atoms with Gasteiger partial charge in [-0.05, 0) is 37.1 Å². The number of hydrogen-bond donors (Lipinski definition) is 2. The number of thioether (sulfide) groups is 1. The Kier molecular flexibility index (Phi) is 6.10. The lowest BCUT2D eigenvalue weighted by atomic mass is 10.1. The summed E-state index contributed by atoms with van der Waals surface area (Å²) in [7, 11) is 1.46. The van der Waals surface area contributed by atoms with Crippen LogP contribution in [0.15, 0.2) is 59.8 Å². The van der Waals surface area contributed by atoms with Gasteiger partial charge >= 0.3 is 6.03 Å². The van der Waals surface area contributed by atoms with Gasteiger partial charge in [-0.1, -0.05) is 54.2 Å². The van der Waals surface area contributed by atoms with Gasteiger partial charge in [-0.3, -0.25) is 14.7 Å². The monoisotopic (exact) mass is 395 g/mol. The second-order valence-corrected chi connectivity index (χ2v) is 7.25. The Morgan fingerprint density at radius 1 is 1.04 bits per heavy atom. The second-order valence-electron chi connectivity index (χ2n) is 6.18. The number of aromatic nitrogens is 3. The Balaban J connectivity index is 1.98. The van der Waals surface area contributed by atoms with Crippen molar-refractivity contribution in [1.29, 1.82) is 0 Å². The van der Waals surface area contributed by atoms with E-state index in [2.05, 4.69) is 20.8 Å². The van der Waals surface area contributed by atoms with E-state index in [1.807, 2.05) is 73.0 Å². The van der Waals surface area contributed by atoms with E-state index in [0.717, 1.165) is 16.8 Å². The molecule has 0 bridgehead atoms. The second kappa shape index (κ2) is 8.71. The summed E-state index contributed by atoms with van der Waals surface area (Å²) in [6.45, 7) is 3.88. The lowest BCUT2D eigenvalue weighted by Gasteiger charge is -2.17. The molecule has 1 aromatic heterocycles. The summed E-state index contributed by atoms with van der Waals surface area (Å²) in [5.74, 6) is 0.290. The number of carbonyl (C=O) groups excluding carboxylic acids is 2. The van der Waals surface area contributed by atoms with Gasteiger partial charge in [0, 0.05) is 12.7 Å². The Labute approximate surface area is 167 Å². The van der Waals surface area contributed by atoms with Crippen LogP contribution in [-0.2, 0) is 4.79 Å². The molecule has 0 aliphatic carbocycles. The topological polar surface area (TPSA) is 88.9 Å². The molecule has 0 spiro atoms. The number of nitrogens with zero attached hydrogens (tertiary/aromatic N) is 3. The molecule has 0 radical (unpaired) electrons. The molecule has 1 heterocycles. The van der Waals surface area contributed by atoms with Crippen LogP contribution in [0.4, 0.5) is 4.79 Å². The van der Waals surface area contributed by atoms with E-state index >= 15 is 0 Å². The molecule has 144 valence electrons. The Morgan fingerprint density at radius 3 is 2.46 bits per heavy atom. The minimum absolute atomic E-state index is 0.424. The highest BCUT2D eigenvalue weighted by atomic mass is 32.2. The lowest BCUT2D eigenvalue weighted by molar-refractivity contribution is -0.119. The summed E-state index contributed by atoms with van der Waals surface area (Å²) in [5, 5.41) is 13.1. The molecule has 8 heteroatoms. The largest absolute Gasteiger partial charge is 0.341 e. The van der Waals surface area contributed by atoms with Crippen molar-refractivity contribution in [3.05, 3.63) is 71.5 Å². The number of imide groups is 1. The van der Waals surface area contributed by atoms with Crippen LogP contribution >= 0.6 is 11.8 Å². The number of amides is 3. The predicted molar refractivity (Wildman–Crippen MR) is 108 cm³/mol. The standard InChI is InChI=1S/C20H21N5O2S/c1-13-8-7-11-16(12-13)25-14(2)23-24-20(25)28-17(15-9-5-4-6-10-15)18(26)22-19(27)21-3/h4-12,17H,1-3H3,(H2,21,22,26,27)/t17-/m0/s1. The molecule has 0 saturated heterocycles. The van der Waals surface area contributed by atoms with E-state index in [1.54, 1.807) is 0 Å². The number of benzene rings is 2. The van der Waals surface area contributed by atoms with Crippen LogP contribution in [-0.4, -0.2) is 33.8 Å². The van der Waals surface area contributed by atoms with Gasteiger partial charge in [0.2, 0.25) is 5.91 Å². The molecule has 0 aliphatic heterocycles. The molecule has 3 rings (SSSR count). The highest BCUT2D eigenvalue weighted by molar-refractivity contribution is 8.00. The SMILES string of the molecule is CNC(=O)NC(=O)[C@@H](Sc1nnc(C)n1-c1cccc(C)c1)c1ccccc1. The van der Waals surface area contributed by atoms with Crippen LogP contribution in [0.5, 0.6) is 0 Å². The third-order valence-electron chi connectivity index (χ3n) is 4.08. The van der Waals surface area contributed by atoms with E-state index in [4.69, 9.17) is 0 Å². The molecule has 0 aliphatic rings. The Bertz CT molecular complexity index is 987. The van der Waals surface area contributed by atoms with Crippen LogP contribution in [0.3, 0.4) is 0 Å². The summed E-state index contributed by atoms with van der Waals surface area (Å²) < 4.78 is 1.90. The molecule has 3 aromatic rings. The summed E-state index contributed by atoms with van der Waals surface area (Å²) in [4.78, 5) is 24.4. The number of urea groups is 1. The fourth-order valence-corrected chi connectivity index (χ4v) is 3.83. The van der Waals surface area contributed by atoms with Crippen molar-refractivity contribution in [1.82, 2.24) is 25.4 Å². The molecule has 7 nitrogen and oxygen atoms in total. The maximum Gasteiger partial charge on any atom is 0.321 e. The molecule has 2 N–H and O–H groups in total. The first-order valence-corrected chi connectivity index (χ1v) is 9.61. The van der Waals surface area contributed by atoms with Crippen LogP contribution in [0.2, 0.25) is 0 Å². The van der Waals surface area contributed by atoms with Gasteiger partial charge in [0.15, 0.2) is 5.16 Å². The molecule has 1 atom stereocenters. The summed E-state index contributed by atoms with van der Waals surface area (Å²) in [6, 6.07) is 16.7. The molecule has 0 fully saturated rings. The third kappa shape index (κ3) is 4.40. The first-order chi connectivity index (χ1) is 13.5. The Morgan fingerprint density at radius 2 is 1.79 bits per heavy atom. The maximum atomic E-state index is 12.8. The zero-order valence-electron chi connectivity index (χ0n) is 15.8. The number of nitrogens with one attached hydrogen (secondary N) is 2. The van der Waals surface area contributed by atoms with Crippen LogP contribution in [0, 0.1) is 13.8 Å². The zero-order valence-corrected chi connectivity index (χ0v) is 16.7. The van der Waals surface area contributed by atoms with Gasteiger partial charge in [0.05, 0.1) is 0 Å². The van der Waals surface area contributed by atoms with E-state index in [0.29, 0.717) is 11.0 Å². The van der Waals surface area contributed by atoms with Crippen molar-refractivity contribution in [3.63, 3.8) is 0 Å². The van der Waals surface area contributed by atoms with Gasteiger partial charge in [-0.25, -0.2) is 4.79 Å². The van der Waals surface area contributed by atoms with Crippen molar-refractivity contribution in [2.75, 3.05) is 7.05 Å². The minimum atomic E-state index is -0.661. The highest BCUT2D eigenvalue weighted by Gasteiger charge is 2.26. The van der Waals surface area contributed by atoms with Crippen LogP contribution < -0.4 is 10.6 Å². The lowest BCUT2D eigenvalue weighted by Crippen LogP contribution is -2.39. The van der Waals surface area contributed by atoms with Gasteiger partial charge in [-0.15, -0.1) is 10.2 Å². The normalized spacial score (nSPS) is 11.7. The molecule has 2 aromatic carbocycles. The molecule has 0 saturated carbocycles. The summed E-state index contributed by atoms with van der Waals surface area (Å²) in [5.41, 5.74) is 2.80. The zero-order chi connectivity index (χ0) is 20.1. The van der Waals surface area contributed by atoms with Crippen molar-refractivity contribution in [2.45, 2.75) is 24.3 Å². The smallest absolute Gasteiger partial charge is 0.321 e. The third-order valence-corrected chi connectivity index (χ3v) is 5.28. The van der Waals surface area contributed by atoms with Gasteiger partial charge < -0.3 is 5.32 Å². The molecule has 0 unspecified atom stereocenters.